The Hall–Kier alpha value is -3.23. The molecule has 0 spiro atoms. The van der Waals surface area contributed by atoms with E-state index in [1.807, 2.05) is 24.3 Å². The molecular weight excluding hydrogens is 472 g/mol. The minimum absolute atomic E-state index is 0.168. The minimum atomic E-state index is -2.62. The van der Waals surface area contributed by atoms with Gasteiger partial charge in [0.1, 0.15) is 11.4 Å². The van der Waals surface area contributed by atoms with Gasteiger partial charge in [-0.15, -0.1) is 0 Å². The first-order valence-electron chi connectivity index (χ1n) is 11.3. The van der Waals surface area contributed by atoms with Crippen LogP contribution in [0.3, 0.4) is 0 Å². The lowest BCUT2D eigenvalue weighted by molar-refractivity contribution is 0.143. The van der Waals surface area contributed by atoms with Gasteiger partial charge in [-0.05, 0) is 75.1 Å². The Morgan fingerprint density at radius 1 is 1.11 bits per heavy atom. The summed E-state index contributed by atoms with van der Waals surface area (Å²) in [6.07, 6.45) is -1.08. The van der Waals surface area contributed by atoms with Crippen molar-refractivity contribution < 1.29 is 13.5 Å². The number of aromatic nitrogens is 3. The van der Waals surface area contributed by atoms with Gasteiger partial charge in [0.05, 0.1) is 19.0 Å². The van der Waals surface area contributed by atoms with Crippen LogP contribution >= 0.6 is 11.6 Å². The van der Waals surface area contributed by atoms with Gasteiger partial charge >= 0.3 is 0 Å². The first-order chi connectivity index (χ1) is 16.8. The average Bonchev–Trinajstić information content (AvgIpc) is 3.25. The lowest BCUT2D eigenvalue weighted by Gasteiger charge is -2.14. The number of hydrogen-bond acceptors (Lipinski definition) is 5. The van der Waals surface area contributed by atoms with Gasteiger partial charge in [-0.3, -0.25) is 0 Å². The number of likely N-dealkylation sites (N-methyl/N-ethyl adjacent to an activating group) is 1. The van der Waals surface area contributed by atoms with Gasteiger partial charge in [-0.25, -0.2) is 18.3 Å². The van der Waals surface area contributed by atoms with Crippen molar-refractivity contribution in [2.24, 2.45) is 0 Å². The van der Waals surface area contributed by atoms with E-state index in [2.05, 4.69) is 34.3 Å². The van der Waals surface area contributed by atoms with Crippen molar-refractivity contribution in [1.29, 1.82) is 0 Å². The molecule has 9 heteroatoms. The normalized spacial score (nSPS) is 11.0. The van der Waals surface area contributed by atoms with E-state index in [-0.39, 0.29) is 5.69 Å². The van der Waals surface area contributed by atoms with Gasteiger partial charge in [0.25, 0.3) is 6.43 Å². The maximum Gasteiger partial charge on any atom is 0.280 e. The van der Waals surface area contributed by atoms with E-state index in [1.54, 1.807) is 38.3 Å². The predicted octanol–water partition coefficient (Wildman–Crippen LogP) is 6.35. The topological polar surface area (TPSA) is 54.7 Å². The summed E-state index contributed by atoms with van der Waals surface area (Å²) in [6.45, 7) is 7.05. The lowest BCUT2D eigenvalue weighted by atomic mass is 10.1. The molecule has 6 nitrogen and oxygen atoms in total. The van der Waals surface area contributed by atoms with E-state index in [4.69, 9.17) is 16.3 Å². The highest BCUT2D eigenvalue weighted by molar-refractivity contribution is 6.30. The van der Waals surface area contributed by atoms with Crippen LogP contribution in [0.2, 0.25) is 5.02 Å². The molecule has 4 rings (SSSR count). The Morgan fingerprint density at radius 2 is 1.80 bits per heavy atom. The fourth-order valence-corrected chi connectivity index (χ4v) is 3.40. The van der Waals surface area contributed by atoms with Crippen molar-refractivity contribution in [2.45, 2.75) is 20.3 Å². The zero-order valence-electron chi connectivity index (χ0n) is 20.3. The summed E-state index contributed by atoms with van der Waals surface area (Å²) in [5, 5.41) is 8.07. The van der Waals surface area contributed by atoms with E-state index in [0.29, 0.717) is 17.1 Å². The second-order valence-corrected chi connectivity index (χ2v) is 8.42. The predicted molar refractivity (Wildman–Crippen MR) is 138 cm³/mol. The maximum atomic E-state index is 13.2. The molecule has 186 valence electrons. The standard InChI is InChI=1S/C15H13F2N3O.C11H17ClN2/c1-9-8-18-20-13(14(16)17)7-12(19-15(9)20)10-3-5-11(21-2)6-4-10;1-3-14(2)9-8-13-11-6-4-10(12)5-7-11/h3-8,14H,1-2H3;4-7,13H,3,8-9H2,1-2H3. The average molecular weight is 502 g/mol. The number of nitrogens with one attached hydrogen (secondary N) is 1. The molecule has 0 amide bonds. The molecule has 0 unspecified atom stereocenters. The largest absolute Gasteiger partial charge is 0.497 e. The van der Waals surface area contributed by atoms with Crippen molar-refractivity contribution >= 4 is 22.9 Å². The third-order valence-electron chi connectivity index (χ3n) is 5.49. The smallest absolute Gasteiger partial charge is 0.280 e. The van der Waals surface area contributed by atoms with Gasteiger partial charge in [0.2, 0.25) is 0 Å². The second-order valence-electron chi connectivity index (χ2n) is 7.99. The van der Waals surface area contributed by atoms with Crippen LogP contribution in [0.4, 0.5) is 14.5 Å². The van der Waals surface area contributed by atoms with Crippen LogP contribution in [0.5, 0.6) is 5.75 Å². The minimum Gasteiger partial charge on any atom is -0.497 e. The number of alkyl halides is 2. The number of fused-ring (bicyclic) bond motifs is 1. The molecule has 2 aromatic heterocycles. The summed E-state index contributed by atoms with van der Waals surface area (Å²) in [5.74, 6) is 0.703. The zero-order valence-corrected chi connectivity index (χ0v) is 21.1. The monoisotopic (exact) mass is 501 g/mol. The molecule has 35 heavy (non-hydrogen) atoms. The highest BCUT2D eigenvalue weighted by Gasteiger charge is 2.17. The molecule has 0 saturated carbocycles. The van der Waals surface area contributed by atoms with Crippen LogP contribution in [0.1, 0.15) is 24.6 Å². The molecule has 0 radical (unpaired) electrons. The lowest BCUT2D eigenvalue weighted by Crippen LogP contribution is -2.24. The molecule has 0 aliphatic rings. The summed E-state index contributed by atoms with van der Waals surface area (Å²) in [4.78, 5) is 6.70. The van der Waals surface area contributed by atoms with E-state index in [1.165, 1.54) is 16.8 Å². The first-order valence-corrected chi connectivity index (χ1v) is 11.7. The van der Waals surface area contributed by atoms with Crippen molar-refractivity contribution in [3.8, 4) is 17.0 Å². The summed E-state index contributed by atoms with van der Waals surface area (Å²) >= 11 is 5.78. The van der Waals surface area contributed by atoms with Gasteiger partial charge in [0, 0.05) is 34.9 Å². The quantitative estimate of drug-likeness (QED) is 0.304. The second kappa shape index (κ2) is 12.5. The molecular formula is C26H30ClF2N5O. The number of rotatable bonds is 8. The van der Waals surface area contributed by atoms with Crippen molar-refractivity contribution in [3.05, 3.63) is 77.1 Å². The molecule has 0 bridgehead atoms. The zero-order chi connectivity index (χ0) is 25.4. The number of benzene rings is 2. The molecule has 2 aromatic carbocycles. The summed E-state index contributed by atoms with van der Waals surface area (Å²) in [7, 11) is 3.69. The molecule has 0 aliphatic heterocycles. The Bertz CT molecular complexity index is 1210. The Kier molecular flexibility index (Phi) is 9.39. The van der Waals surface area contributed by atoms with Crippen molar-refractivity contribution in [2.75, 3.05) is 39.1 Å². The molecule has 0 saturated heterocycles. The van der Waals surface area contributed by atoms with E-state index in [0.717, 1.165) is 41.5 Å². The molecule has 2 heterocycles. The maximum absolute atomic E-state index is 13.2. The number of methoxy groups -OCH3 is 1. The van der Waals surface area contributed by atoms with Crippen LogP contribution < -0.4 is 10.1 Å². The fraction of sp³-hybridized carbons (Fsp3) is 0.308. The van der Waals surface area contributed by atoms with Crippen molar-refractivity contribution in [1.82, 2.24) is 19.5 Å². The number of aryl methyl sites for hydroxylation is 1. The number of hydrogen-bond donors (Lipinski definition) is 1. The Labute approximate surface area is 209 Å². The Morgan fingerprint density at radius 3 is 2.40 bits per heavy atom. The van der Waals surface area contributed by atoms with Crippen LogP contribution in [0.15, 0.2) is 60.8 Å². The number of nitrogens with zero attached hydrogens (tertiary/aromatic N) is 4. The first kappa shape index (κ1) is 26.4. The number of halogens is 3. The van der Waals surface area contributed by atoms with Gasteiger partial charge in [-0.2, -0.15) is 5.10 Å². The van der Waals surface area contributed by atoms with Crippen LogP contribution in [-0.2, 0) is 0 Å². The third kappa shape index (κ3) is 7.13. The van der Waals surface area contributed by atoms with Crippen molar-refractivity contribution in [3.63, 3.8) is 0 Å². The van der Waals surface area contributed by atoms with Gasteiger partial charge in [0.15, 0.2) is 5.65 Å². The SMILES string of the molecule is CCN(C)CCNc1ccc(Cl)cc1.COc1ccc(-c2cc(C(F)F)n3ncc(C)c3n2)cc1. The fourth-order valence-electron chi connectivity index (χ4n) is 3.28. The summed E-state index contributed by atoms with van der Waals surface area (Å²) in [6, 6.07) is 16.3. The summed E-state index contributed by atoms with van der Waals surface area (Å²) < 4.78 is 32.7. The molecule has 0 fully saturated rings. The van der Waals surface area contributed by atoms with Crippen LogP contribution in [-0.4, -0.2) is 53.3 Å². The highest BCUT2D eigenvalue weighted by Crippen LogP contribution is 2.27. The molecule has 4 aromatic rings. The van der Waals surface area contributed by atoms with E-state index < -0.39 is 6.43 Å². The molecule has 1 N–H and O–H groups in total. The third-order valence-corrected chi connectivity index (χ3v) is 5.74. The Balaban J connectivity index is 0.000000214. The number of ether oxygens (including phenoxy) is 1. The van der Waals surface area contributed by atoms with Gasteiger partial charge < -0.3 is 15.0 Å². The van der Waals surface area contributed by atoms with E-state index in [9.17, 15) is 8.78 Å². The summed E-state index contributed by atoms with van der Waals surface area (Å²) in [5.41, 5.74) is 3.40. The van der Waals surface area contributed by atoms with Crippen LogP contribution in [0, 0.1) is 6.92 Å². The highest BCUT2D eigenvalue weighted by atomic mass is 35.5. The van der Waals surface area contributed by atoms with E-state index >= 15 is 0 Å². The number of anilines is 1. The molecule has 0 aliphatic carbocycles. The molecule has 0 atom stereocenters. The van der Waals surface area contributed by atoms with Crippen LogP contribution in [0.25, 0.3) is 16.9 Å². The van der Waals surface area contributed by atoms with Gasteiger partial charge in [-0.1, -0.05) is 18.5 Å².